The summed E-state index contributed by atoms with van der Waals surface area (Å²) in [6, 6.07) is 18.4. The van der Waals surface area contributed by atoms with E-state index >= 15 is 0 Å². The first-order chi connectivity index (χ1) is 14.8. The highest BCUT2D eigenvalue weighted by molar-refractivity contribution is 7.13. The highest BCUT2D eigenvalue weighted by atomic mass is 32.1. The number of ether oxygens (including phenoxy) is 1. The summed E-state index contributed by atoms with van der Waals surface area (Å²) in [4.78, 5) is 13.4. The van der Waals surface area contributed by atoms with E-state index in [1.807, 2.05) is 41.9 Å². The van der Waals surface area contributed by atoms with Crippen molar-refractivity contribution in [2.45, 2.75) is 13.0 Å². The molecule has 2 N–H and O–H groups in total. The Hall–Kier alpha value is -3.06. The molecule has 2 aromatic carbocycles. The van der Waals surface area contributed by atoms with Crippen LogP contribution in [0.1, 0.15) is 11.1 Å². The van der Waals surface area contributed by atoms with Crippen LogP contribution >= 0.6 is 11.3 Å². The van der Waals surface area contributed by atoms with Gasteiger partial charge >= 0.3 is 0 Å². The van der Waals surface area contributed by atoms with E-state index in [0.717, 1.165) is 43.5 Å². The van der Waals surface area contributed by atoms with Crippen LogP contribution in [-0.2, 0) is 13.0 Å². The van der Waals surface area contributed by atoms with Gasteiger partial charge in [0.1, 0.15) is 12.4 Å². The largest absolute Gasteiger partial charge is 0.489 e. The summed E-state index contributed by atoms with van der Waals surface area (Å²) in [6.45, 7) is 4.87. The van der Waals surface area contributed by atoms with E-state index in [1.54, 1.807) is 11.3 Å². The molecule has 1 aliphatic heterocycles. The minimum atomic E-state index is 0.580. The lowest BCUT2D eigenvalue weighted by Gasteiger charge is -2.35. The van der Waals surface area contributed by atoms with Gasteiger partial charge in [-0.3, -0.25) is 4.99 Å². The molecule has 1 aliphatic rings. The SMILES string of the molecule is NC(=NCCc1ccc(OCc2ccccc2)cc1)N1CCN(c2nccs2)CC1. The number of anilines is 1. The maximum atomic E-state index is 6.22. The van der Waals surface area contributed by atoms with Gasteiger partial charge in [0.15, 0.2) is 11.1 Å². The molecule has 0 amide bonds. The average molecular weight is 422 g/mol. The zero-order chi connectivity index (χ0) is 20.6. The molecule has 4 rings (SSSR count). The Kier molecular flexibility index (Phi) is 6.82. The highest BCUT2D eigenvalue weighted by Gasteiger charge is 2.19. The lowest BCUT2D eigenvalue weighted by Crippen LogP contribution is -2.51. The van der Waals surface area contributed by atoms with E-state index in [1.165, 1.54) is 11.1 Å². The van der Waals surface area contributed by atoms with Gasteiger partial charge < -0.3 is 20.3 Å². The van der Waals surface area contributed by atoms with Crippen LogP contribution in [0.5, 0.6) is 5.75 Å². The number of hydrogen-bond donors (Lipinski definition) is 1. The first-order valence-corrected chi connectivity index (χ1v) is 11.1. The van der Waals surface area contributed by atoms with Gasteiger partial charge in [0.25, 0.3) is 0 Å². The van der Waals surface area contributed by atoms with Crippen molar-refractivity contribution >= 4 is 22.4 Å². The molecular formula is C23H27N5OS. The van der Waals surface area contributed by atoms with Crippen molar-refractivity contribution < 1.29 is 4.74 Å². The molecule has 0 saturated carbocycles. The van der Waals surface area contributed by atoms with Gasteiger partial charge in [0.2, 0.25) is 0 Å². The molecule has 2 heterocycles. The number of piperazine rings is 1. The number of guanidine groups is 1. The smallest absolute Gasteiger partial charge is 0.191 e. The van der Waals surface area contributed by atoms with Gasteiger partial charge in [-0.15, -0.1) is 11.3 Å². The third-order valence-electron chi connectivity index (χ3n) is 5.14. The monoisotopic (exact) mass is 421 g/mol. The lowest BCUT2D eigenvalue weighted by molar-refractivity contribution is 0.306. The van der Waals surface area contributed by atoms with Crippen LogP contribution in [0.4, 0.5) is 5.13 Å². The van der Waals surface area contributed by atoms with E-state index < -0.39 is 0 Å². The Morgan fingerprint density at radius 3 is 2.47 bits per heavy atom. The van der Waals surface area contributed by atoms with Gasteiger partial charge in [0, 0.05) is 44.3 Å². The summed E-state index contributed by atoms with van der Waals surface area (Å²) in [7, 11) is 0. The second-order valence-electron chi connectivity index (χ2n) is 7.20. The van der Waals surface area contributed by atoms with E-state index in [-0.39, 0.29) is 0 Å². The summed E-state index contributed by atoms with van der Waals surface area (Å²) >= 11 is 1.68. The number of nitrogens with zero attached hydrogens (tertiary/aromatic N) is 4. The number of aromatic nitrogens is 1. The molecule has 1 saturated heterocycles. The van der Waals surface area contributed by atoms with Crippen molar-refractivity contribution in [1.82, 2.24) is 9.88 Å². The van der Waals surface area contributed by atoms with Gasteiger partial charge in [0.05, 0.1) is 0 Å². The second kappa shape index (κ2) is 10.1. The minimum Gasteiger partial charge on any atom is -0.489 e. The standard InChI is InChI=1S/C23H27N5OS/c24-22(27-13-15-28(16-14-27)23-26-12-17-30-23)25-11-10-19-6-8-21(9-7-19)29-18-20-4-2-1-3-5-20/h1-9,12,17H,10-11,13-16,18H2,(H2,24,25). The fourth-order valence-corrected chi connectivity index (χ4v) is 4.09. The molecule has 7 heteroatoms. The number of hydrogen-bond acceptors (Lipinski definition) is 5. The number of rotatable bonds is 7. The van der Waals surface area contributed by atoms with Crippen LogP contribution in [0.3, 0.4) is 0 Å². The minimum absolute atomic E-state index is 0.580. The number of benzene rings is 2. The molecule has 0 atom stereocenters. The summed E-state index contributed by atoms with van der Waals surface area (Å²) in [5, 5.41) is 3.10. The van der Waals surface area contributed by atoms with Crippen LogP contribution in [0.2, 0.25) is 0 Å². The number of nitrogens with two attached hydrogens (primary N) is 1. The number of thiazole rings is 1. The summed E-state index contributed by atoms with van der Waals surface area (Å²) in [6.07, 6.45) is 2.71. The van der Waals surface area contributed by atoms with Crippen LogP contribution in [0, 0.1) is 0 Å². The van der Waals surface area contributed by atoms with E-state index in [0.29, 0.717) is 19.1 Å². The maximum Gasteiger partial charge on any atom is 0.191 e. The maximum absolute atomic E-state index is 6.22. The Bertz CT molecular complexity index is 920. The van der Waals surface area contributed by atoms with E-state index in [2.05, 4.69) is 44.0 Å². The van der Waals surface area contributed by atoms with Crippen molar-refractivity contribution in [3.05, 3.63) is 77.3 Å². The predicted octanol–water partition coefficient (Wildman–Crippen LogP) is 3.40. The quantitative estimate of drug-likeness (QED) is 0.468. The topological polar surface area (TPSA) is 67.0 Å². The fourth-order valence-electron chi connectivity index (χ4n) is 3.39. The average Bonchev–Trinajstić information content (AvgIpc) is 3.34. The fraction of sp³-hybridized carbons (Fsp3) is 0.304. The van der Waals surface area contributed by atoms with Crippen LogP contribution in [0.25, 0.3) is 0 Å². The van der Waals surface area contributed by atoms with Crippen LogP contribution in [0.15, 0.2) is 71.2 Å². The highest BCUT2D eigenvalue weighted by Crippen LogP contribution is 2.19. The van der Waals surface area contributed by atoms with Crippen molar-refractivity contribution in [2.24, 2.45) is 10.7 Å². The van der Waals surface area contributed by atoms with E-state index in [4.69, 9.17) is 10.5 Å². The van der Waals surface area contributed by atoms with Gasteiger partial charge in [-0.25, -0.2) is 4.98 Å². The Balaban J connectivity index is 1.20. The summed E-state index contributed by atoms with van der Waals surface area (Å²) < 4.78 is 5.84. The summed E-state index contributed by atoms with van der Waals surface area (Å²) in [5.41, 5.74) is 8.61. The molecule has 0 radical (unpaired) electrons. The molecule has 156 valence electrons. The first kappa shape index (κ1) is 20.2. The molecular weight excluding hydrogens is 394 g/mol. The van der Waals surface area contributed by atoms with Crippen molar-refractivity contribution in [3.63, 3.8) is 0 Å². The zero-order valence-electron chi connectivity index (χ0n) is 17.0. The van der Waals surface area contributed by atoms with Crippen LogP contribution < -0.4 is 15.4 Å². The molecule has 1 aromatic heterocycles. The van der Waals surface area contributed by atoms with E-state index in [9.17, 15) is 0 Å². The molecule has 1 fully saturated rings. The van der Waals surface area contributed by atoms with Crippen molar-refractivity contribution in [2.75, 3.05) is 37.6 Å². The number of aliphatic imine (C=N–C) groups is 1. The molecule has 0 unspecified atom stereocenters. The Morgan fingerprint density at radius 2 is 1.77 bits per heavy atom. The molecule has 0 spiro atoms. The molecule has 6 nitrogen and oxygen atoms in total. The summed E-state index contributed by atoms with van der Waals surface area (Å²) in [5.74, 6) is 1.51. The molecule has 0 bridgehead atoms. The lowest BCUT2D eigenvalue weighted by atomic mass is 10.1. The van der Waals surface area contributed by atoms with Gasteiger partial charge in [-0.05, 0) is 29.7 Å². The molecule has 3 aromatic rings. The zero-order valence-corrected chi connectivity index (χ0v) is 17.8. The predicted molar refractivity (Wildman–Crippen MR) is 123 cm³/mol. The molecule has 30 heavy (non-hydrogen) atoms. The third kappa shape index (κ3) is 5.51. The normalized spacial score (nSPS) is 14.7. The van der Waals surface area contributed by atoms with Crippen molar-refractivity contribution in [1.29, 1.82) is 0 Å². The first-order valence-electron chi connectivity index (χ1n) is 10.2. The van der Waals surface area contributed by atoms with Gasteiger partial charge in [-0.2, -0.15) is 0 Å². The second-order valence-corrected chi connectivity index (χ2v) is 8.07. The Labute approximate surface area is 181 Å². The van der Waals surface area contributed by atoms with Crippen molar-refractivity contribution in [3.8, 4) is 5.75 Å². The molecule has 0 aliphatic carbocycles. The third-order valence-corrected chi connectivity index (χ3v) is 5.97. The van der Waals surface area contributed by atoms with Gasteiger partial charge in [-0.1, -0.05) is 42.5 Å². The van der Waals surface area contributed by atoms with Crippen LogP contribution in [-0.4, -0.2) is 48.6 Å². The Morgan fingerprint density at radius 1 is 1.00 bits per heavy atom.